The number of carbonyl (C=O) groups excluding carboxylic acids is 1. The first kappa shape index (κ1) is 17.5. The van der Waals surface area contributed by atoms with E-state index in [1.54, 1.807) is 0 Å². The Balaban J connectivity index is 1.53. The zero-order valence-electron chi connectivity index (χ0n) is 15.3. The maximum Gasteiger partial charge on any atom is 0.304 e. The van der Waals surface area contributed by atoms with Crippen LogP contribution in [0.5, 0.6) is 0 Å². The SMILES string of the molecule is Cc1ccc2oc(CCC(=O)C3(CC(=O)O)Cc4ccccc4C3)cc2c1. The Hall–Kier alpha value is -2.88. The van der Waals surface area contributed by atoms with Gasteiger partial charge in [-0.15, -0.1) is 0 Å². The van der Waals surface area contributed by atoms with Crippen molar-refractivity contribution in [1.82, 2.24) is 0 Å². The number of hydrogen-bond donors (Lipinski definition) is 1. The summed E-state index contributed by atoms with van der Waals surface area (Å²) < 4.78 is 5.84. The second-order valence-electron chi connectivity index (χ2n) is 7.65. The number of hydrogen-bond acceptors (Lipinski definition) is 3. The molecular formula is C23H22O4. The van der Waals surface area contributed by atoms with Crippen LogP contribution >= 0.6 is 0 Å². The molecule has 0 saturated heterocycles. The molecule has 0 radical (unpaired) electrons. The molecule has 1 aliphatic rings. The van der Waals surface area contributed by atoms with Gasteiger partial charge in [-0.1, -0.05) is 35.9 Å². The van der Waals surface area contributed by atoms with Crippen LogP contribution < -0.4 is 0 Å². The third-order valence-corrected chi connectivity index (χ3v) is 5.58. The van der Waals surface area contributed by atoms with Crippen LogP contribution in [-0.2, 0) is 28.9 Å². The van der Waals surface area contributed by atoms with Crippen LogP contribution in [0.1, 0.15) is 35.3 Å². The predicted octanol–water partition coefficient (Wildman–Crippen LogP) is 4.50. The van der Waals surface area contributed by atoms with Gasteiger partial charge < -0.3 is 9.52 Å². The summed E-state index contributed by atoms with van der Waals surface area (Å²) >= 11 is 0. The lowest BCUT2D eigenvalue weighted by atomic mass is 9.75. The van der Waals surface area contributed by atoms with Crippen molar-refractivity contribution in [3.05, 3.63) is 71.0 Å². The molecule has 0 aliphatic heterocycles. The van der Waals surface area contributed by atoms with Crippen molar-refractivity contribution in [2.75, 3.05) is 0 Å². The van der Waals surface area contributed by atoms with Crippen molar-refractivity contribution in [3.63, 3.8) is 0 Å². The molecule has 4 heteroatoms. The minimum atomic E-state index is -0.921. The molecule has 0 atom stereocenters. The van der Waals surface area contributed by atoms with Gasteiger partial charge in [0.1, 0.15) is 17.1 Å². The molecule has 0 unspecified atom stereocenters. The molecule has 0 spiro atoms. The Bertz CT molecular complexity index is 1000. The molecule has 27 heavy (non-hydrogen) atoms. The standard InChI is InChI=1S/C23H22O4/c1-15-6-8-20-18(10-15)11-19(27-20)7-9-21(24)23(14-22(25)26)12-16-4-2-3-5-17(16)13-23/h2-6,8,10-11H,7,9,12-14H2,1H3,(H,25,26). The van der Waals surface area contributed by atoms with Crippen molar-refractivity contribution in [3.8, 4) is 0 Å². The minimum absolute atomic E-state index is 0.0118. The third-order valence-electron chi connectivity index (χ3n) is 5.58. The lowest BCUT2D eigenvalue weighted by Crippen LogP contribution is -2.35. The molecule has 0 amide bonds. The third kappa shape index (κ3) is 3.39. The maximum atomic E-state index is 13.1. The number of carboxylic acid groups (broad SMARTS) is 1. The zero-order chi connectivity index (χ0) is 19.0. The highest BCUT2D eigenvalue weighted by Gasteiger charge is 2.44. The highest BCUT2D eigenvalue weighted by Crippen LogP contribution is 2.41. The van der Waals surface area contributed by atoms with E-state index in [2.05, 4.69) is 6.07 Å². The van der Waals surface area contributed by atoms with E-state index in [0.717, 1.165) is 33.4 Å². The van der Waals surface area contributed by atoms with Crippen LogP contribution in [0.15, 0.2) is 52.9 Å². The van der Waals surface area contributed by atoms with Gasteiger partial charge >= 0.3 is 5.97 Å². The van der Waals surface area contributed by atoms with E-state index in [4.69, 9.17) is 4.42 Å². The van der Waals surface area contributed by atoms with Crippen LogP contribution in [0, 0.1) is 12.3 Å². The Kier molecular flexibility index (Phi) is 4.34. The van der Waals surface area contributed by atoms with Gasteiger partial charge in [0.15, 0.2) is 0 Å². The predicted molar refractivity (Wildman–Crippen MR) is 103 cm³/mol. The fourth-order valence-corrected chi connectivity index (χ4v) is 4.25. The molecule has 1 heterocycles. The number of aliphatic carboxylic acids is 1. The van der Waals surface area contributed by atoms with E-state index in [0.29, 0.717) is 25.7 Å². The molecule has 4 nitrogen and oxygen atoms in total. The van der Waals surface area contributed by atoms with Crippen LogP contribution in [-0.4, -0.2) is 16.9 Å². The first-order valence-electron chi connectivity index (χ1n) is 9.26. The molecule has 4 rings (SSSR count). The van der Waals surface area contributed by atoms with E-state index in [9.17, 15) is 14.7 Å². The lowest BCUT2D eigenvalue weighted by Gasteiger charge is -2.25. The van der Waals surface area contributed by atoms with Crippen LogP contribution in [0.3, 0.4) is 0 Å². The number of rotatable bonds is 6. The summed E-state index contributed by atoms with van der Waals surface area (Å²) in [6, 6.07) is 15.8. The van der Waals surface area contributed by atoms with Crippen molar-refractivity contribution in [2.24, 2.45) is 5.41 Å². The van der Waals surface area contributed by atoms with Gasteiger partial charge in [-0.25, -0.2) is 0 Å². The molecule has 0 bridgehead atoms. The van der Waals surface area contributed by atoms with E-state index in [-0.39, 0.29) is 12.2 Å². The van der Waals surface area contributed by atoms with Crippen molar-refractivity contribution >= 4 is 22.7 Å². The van der Waals surface area contributed by atoms with E-state index >= 15 is 0 Å². The van der Waals surface area contributed by atoms with Crippen LogP contribution in [0.4, 0.5) is 0 Å². The van der Waals surface area contributed by atoms with Gasteiger partial charge in [0.2, 0.25) is 0 Å². The quantitative estimate of drug-likeness (QED) is 0.701. The Morgan fingerprint density at radius 3 is 2.44 bits per heavy atom. The maximum absolute atomic E-state index is 13.1. The molecule has 0 fully saturated rings. The Labute approximate surface area is 157 Å². The van der Waals surface area contributed by atoms with Crippen LogP contribution in [0.25, 0.3) is 11.0 Å². The lowest BCUT2D eigenvalue weighted by molar-refractivity contribution is -0.144. The molecular weight excluding hydrogens is 340 g/mol. The fourth-order valence-electron chi connectivity index (χ4n) is 4.25. The number of aryl methyl sites for hydroxylation is 2. The molecule has 0 saturated carbocycles. The van der Waals surface area contributed by atoms with E-state index in [1.165, 1.54) is 0 Å². The summed E-state index contributed by atoms with van der Waals surface area (Å²) in [5, 5.41) is 10.4. The number of carbonyl (C=O) groups is 2. The van der Waals surface area contributed by atoms with E-state index < -0.39 is 11.4 Å². The van der Waals surface area contributed by atoms with Crippen molar-refractivity contribution in [2.45, 2.75) is 39.0 Å². The number of benzene rings is 2. The van der Waals surface area contributed by atoms with Crippen LogP contribution in [0.2, 0.25) is 0 Å². The summed E-state index contributed by atoms with van der Waals surface area (Å²) in [5.41, 5.74) is 3.32. The van der Waals surface area contributed by atoms with Crippen molar-refractivity contribution in [1.29, 1.82) is 0 Å². The summed E-state index contributed by atoms with van der Waals surface area (Å²) in [4.78, 5) is 24.6. The van der Waals surface area contributed by atoms with Gasteiger partial charge in [0.25, 0.3) is 0 Å². The number of carboxylic acids is 1. The van der Waals surface area contributed by atoms with Gasteiger partial charge in [-0.05, 0) is 49.1 Å². The van der Waals surface area contributed by atoms with Gasteiger partial charge in [-0.3, -0.25) is 9.59 Å². The molecule has 3 aromatic rings. The summed E-state index contributed by atoms with van der Waals surface area (Å²) in [6.45, 7) is 2.03. The number of furan rings is 1. The molecule has 1 aromatic heterocycles. The number of fused-ring (bicyclic) bond motifs is 2. The monoisotopic (exact) mass is 362 g/mol. The summed E-state index contributed by atoms with van der Waals surface area (Å²) in [5.74, 6) is -0.141. The zero-order valence-corrected chi connectivity index (χ0v) is 15.3. The molecule has 1 aliphatic carbocycles. The smallest absolute Gasteiger partial charge is 0.304 e. The van der Waals surface area contributed by atoms with Crippen molar-refractivity contribution < 1.29 is 19.1 Å². The second-order valence-corrected chi connectivity index (χ2v) is 7.65. The highest BCUT2D eigenvalue weighted by atomic mass is 16.4. The summed E-state index contributed by atoms with van der Waals surface area (Å²) in [6.07, 6.45) is 1.67. The number of ketones is 1. The second kappa shape index (κ2) is 6.69. The molecule has 1 N–H and O–H groups in total. The highest BCUT2D eigenvalue weighted by molar-refractivity contribution is 5.90. The topological polar surface area (TPSA) is 67.5 Å². The first-order valence-corrected chi connectivity index (χ1v) is 9.26. The summed E-state index contributed by atoms with van der Waals surface area (Å²) in [7, 11) is 0. The van der Waals surface area contributed by atoms with E-state index in [1.807, 2.05) is 49.4 Å². The largest absolute Gasteiger partial charge is 0.481 e. The first-order chi connectivity index (χ1) is 12.9. The average Bonchev–Trinajstić information content (AvgIpc) is 3.19. The minimum Gasteiger partial charge on any atom is -0.481 e. The van der Waals surface area contributed by atoms with Gasteiger partial charge in [0.05, 0.1) is 6.42 Å². The molecule has 138 valence electrons. The Morgan fingerprint density at radius 2 is 1.78 bits per heavy atom. The number of Topliss-reactive ketones (excluding diaryl/α,β-unsaturated/α-hetero) is 1. The Morgan fingerprint density at radius 1 is 1.07 bits per heavy atom. The average molecular weight is 362 g/mol. The van der Waals surface area contributed by atoms with Gasteiger partial charge in [0, 0.05) is 23.6 Å². The normalized spacial score (nSPS) is 15.0. The molecule has 2 aromatic carbocycles. The fraction of sp³-hybridized carbons (Fsp3) is 0.304. The van der Waals surface area contributed by atoms with Gasteiger partial charge in [-0.2, -0.15) is 0 Å².